The topological polar surface area (TPSA) is 104 Å². The molecule has 0 fully saturated rings. The minimum atomic E-state index is -1.06. The van der Waals surface area contributed by atoms with Crippen LogP contribution in [0, 0.1) is 27.2 Å². The molecule has 0 amide bonds. The highest BCUT2D eigenvalue weighted by atomic mass is 16.6. The summed E-state index contributed by atoms with van der Waals surface area (Å²) >= 11 is 0. The van der Waals surface area contributed by atoms with Crippen LogP contribution in [-0.2, 0) is 13.5 Å². The van der Waals surface area contributed by atoms with Crippen LogP contribution in [0.2, 0.25) is 0 Å². The summed E-state index contributed by atoms with van der Waals surface area (Å²) in [5, 5.41) is 22.2. The quantitative estimate of drug-likeness (QED) is 0.622. The molecule has 8 heteroatoms. The summed E-state index contributed by atoms with van der Waals surface area (Å²) in [4.78, 5) is 25.7. The largest absolute Gasteiger partial charge is 0.358 e. The average molecular weight is 318 g/mol. The van der Waals surface area contributed by atoms with Crippen LogP contribution in [0.1, 0.15) is 25.2 Å². The zero-order chi connectivity index (χ0) is 17.4. The summed E-state index contributed by atoms with van der Waals surface area (Å²) in [5.41, 5.74) is 0.652. The van der Waals surface area contributed by atoms with E-state index in [0.717, 1.165) is 5.56 Å². The van der Waals surface area contributed by atoms with Gasteiger partial charge in [0, 0.05) is 37.7 Å². The molecule has 0 bridgehead atoms. The first-order valence-electron chi connectivity index (χ1n) is 7.05. The normalized spacial score (nSPS) is 11.5. The van der Waals surface area contributed by atoms with Gasteiger partial charge in [-0.2, -0.15) is 0 Å². The van der Waals surface area contributed by atoms with Crippen LogP contribution < -0.4 is 0 Å². The van der Waals surface area contributed by atoms with Gasteiger partial charge in [0.1, 0.15) is 0 Å². The second-order valence-corrected chi connectivity index (χ2v) is 6.09. The van der Waals surface area contributed by atoms with Gasteiger partial charge in [-0.05, 0) is 10.5 Å². The first-order valence-corrected chi connectivity index (χ1v) is 7.05. The predicted octanol–water partition coefficient (Wildman–Crippen LogP) is 2.90. The molecule has 2 rings (SSSR count). The molecule has 0 aliphatic carbocycles. The molecule has 0 radical (unpaired) electrons. The maximum atomic E-state index is 11.2. The van der Waals surface area contributed by atoms with Gasteiger partial charge in [-0.3, -0.25) is 10.1 Å². The molecule has 0 saturated heterocycles. The maximum Gasteiger partial charge on any atom is 0.350 e. The van der Waals surface area contributed by atoms with E-state index >= 15 is 0 Å². The van der Waals surface area contributed by atoms with Gasteiger partial charge in [-0.25, -0.2) is 9.55 Å². The molecule has 8 nitrogen and oxygen atoms in total. The van der Waals surface area contributed by atoms with Gasteiger partial charge in [0.25, 0.3) is 0 Å². The molecule has 1 heterocycles. The number of aromatic nitrogens is 2. The van der Waals surface area contributed by atoms with Crippen molar-refractivity contribution in [3.05, 3.63) is 55.9 Å². The Labute approximate surface area is 133 Å². The molecule has 0 saturated carbocycles. The number of nitro groups is 2. The van der Waals surface area contributed by atoms with E-state index in [1.54, 1.807) is 52.1 Å². The Balaban J connectivity index is 2.36. The lowest BCUT2D eigenvalue weighted by molar-refractivity contribution is -0.560. The molecule has 0 aliphatic heterocycles. The lowest BCUT2D eigenvalue weighted by Crippen LogP contribution is -2.33. The monoisotopic (exact) mass is 318 g/mol. The van der Waals surface area contributed by atoms with Crippen molar-refractivity contribution in [1.29, 1.82) is 0 Å². The van der Waals surface area contributed by atoms with Crippen molar-refractivity contribution >= 4 is 5.82 Å². The van der Waals surface area contributed by atoms with E-state index < -0.39 is 10.5 Å². The molecule has 1 aromatic heterocycles. The minimum Gasteiger partial charge on any atom is -0.358 e. The van der Waals surface area contributed by atoms with E-state index in [-0.39, 0.29) is 17.2 Å². The van der Waals surface area contributed by atoms with Crippen molar-refractivity contribution in [2.24, 2.45) is 7.05 Å². The molecule has 122 valence electrons. The summed E-state index contributed by atoms with van der Waals surface area (Å²) in [6, 6.07) is 6.91. The lowest BCUT2D eigenvalue weighted by Gasteiger charge is -2.15. The summed E-state index contributed by atoms with van der Waals surface area (Å²) in [6.45, 7) is 4.83. The third-order valence-corrected chi connectivity index (χ3v) is 3.82. The van der Waals surface area contributed by atoms with Crippen molar-refractivity contribution in [1.82, 2.24) is 9.55 Å². The van der Waals surface area contributed by atoms with Crippen molar-refractivity contribution < 1.29 is 9.85 Å². The maximum absolute atomic E-state index is 11.2. The number of hydrogen-bond donors (Lipinski definition) is 0. The lowest BCUT2D eigenvalue weighted by atomic mass is 9.95. The number of imidazole rings is 1. The SMILES string of the molecule is Cc1nc(-c2ccc(CC(C)(C)[N+](=O)[O-])cc2)c([N+](=O)[O-])n1C. The molecule has 0 unspecified atom stereocenters. The summed E-state index contributed by atoms with van der Waals surface area (Å²) < 4.78 is 1.43. The van der Waals surface area contributed by atoms with E-state index in [4.69, 9.17) is 0 Å². The van der Waals surface area contributed by atoms with E-state index in [9.17, 15) is 20.2 Å². The summed E-state index contributed by atoms with van der Waals surface area (Å²) in [7, 11) is 1.60. The number of hydrogen-bond acceptors (Lipinski definition) is 5. The third kappa shape index (κ3) is 3.20. The van der Waals surface area contributed by atoms with E-state index in [1.165, 1.54) is 4.57 Å². The predicted molar refractivity (Wildman–Crippen MR) is 84.8 cm³/mol. The molecule has 0 spiro atoms. The van der Waals surface area contributed by atoms with Crippen LogP contribution in [0.25, 0.3) is 11.3 Å². The molecule has 0 atom stereocenters. The Morgan fingerprint density at radius 1 is 1.17 bits per heavy atom. The third-order valence-electron chi connectivity index (χ3n) is 3.82. The van der Waals surface area contributed by atoms with Crippen LogP contribution in [0.5, 0.6) is 0 Å². The van der Waals surface area contributed by atoms with Gasteiger partial charge in [0.05, 0.1) is 7.05 Å². The highest BCUT2D eigenvalue weighted by Gasteiger charge is 2.31. The fourth-order valence-corrected chi connectivity index (χ4v) is 2.35. The number of nitrogens with zero attached hydrogens (tertiary/aromatic N) is 4. The van der Waals surface area contributed by atoms with E-state index in [2.05, 4.69) is 4.98 Å². The Bertz CT molecular complexity index is 763. The summed E-state index contributed by atoms with van der Waals surface area (Å²) in [6.07, 6.45) is 0.281. The minimum absolute atomic E-state index is 0.0686. The Kier molecular flexibility index (Phi) is 4.18. The number of rotatable bonds is 5. The van der Waals surface area contributed by atoms with Gasteiger partial charge >= 0.3 is 5.82 Å². The van der Waals surface area contributed by atoms with Crippen LogP contribution in [0.3, 0.4) is 0 Å². The first-order chi connectivity index (χ1) is 10.6. The van der Waals surface area contributed by atoms with Crippen LogP contribution >= 0.6 is 0 Å². The van der Waals surface area contributed by atoms with Gasteiger partial charge in [-0.1, -0.05) is 24.3 Å². The van der Waals surface area contributed by atoms with Crippen molar-refractivity contribution in [2.75, 3.05) is 0 Å². The molecule has 1 aromatic carbocycles. The average Bonchev–Trinajstić information content (AvgIpc) is 2.75. The number of benzene rings is 1. The summed E-state index contributed by atoms with van der Waals surface area (Å²) in [5.74, 6) is 0.478. The van der Waals surface area contributed by atoms with Gasteiger partial charge in [0.2, 0.25) is 5.54 Å². The standard InChI is InChI=1S/C15H18N4O4/c1-10-16-13(14(17(10)4)18(20)21)12-7-5-11(6-8-12)9-15(2,3)19(22)23/h5-8H,9H2,1-4H3. The van der Waals surface area contributed by atoms with Gasteiger partial charge in [-0.15, -0.1) is 0 Å². The van der Waals surface area contributed by atoms with Gasteiger partial charge < -0.3 is 10.1 Å². The second-order valence-electron chi connectivity index (χ2n) is 6.09. The highest BCUT2D eigenvalue weighted by molar-refractivity contribution is 5.68. The van der Waals surface area contributed by atoms with Crippen molar-refractivity contribution in [3.63, 3.8) is 0 Å². The van der Waals surface area contributed by atoms with E-state index in [1.807, 2.05) is 0 Å². The van der Waals surface area contributed by atoms with Crippen molar-refractivity contribution in [3.8, 4) is 11.3 Å². The molecular weight excluding hydrogens is 300 g/mol. The molecular formula is C15H18N4O4. The van der Waals surface area contributed by atoms with E-state index in [0.29, 0.717) is 17.1 Å². The van der Waals surface area contributed by atoms with Crippen molar-refractivity contribution in [2.45, 2.75) is 32.7 Å². The Hall–Kier alpha value is -2.77. The highest BCUT2D eigenvalue weighted by Crippen LogP contribution is 2.30. The fourth-order valence-electron chi connectivity index (χ4n) is 2.35. The van der Waals surface area contributed by atoms with Crippen LogP contribution in [-0.4, -0.2) is 24.9 Å². The zero-order valence-electron chi connectivity index (χ0n) is 13.4. The van der Waals surface area contributed by atoms with Gasteiger partial charge in [0.15, 0.2) is 11.5 Å². The van der Waals surface area contributed by atoms with Crippen LogP contribution in [0.15, 0.2) is 24.3 Å². The molecule has 23 heavy (non-hydrogen) atoms. The second kappa shape index (κ2) is 5.79. The van der Waals surface area contributed by atoms with Crippen LogP contribution in [0.4, 0.5) is 5.82 Å². The molecule has 2 aromatic rings. The Morgan fingerprint density at radius 2 is 1.74 bits per heavy atom. The molecule has 0 N–H and O–H groups in total. The first kappa shape index (κ1) is 16.6. The zero-order valence-corrected chi connectivity index (χ0v) is 13.4. The Morgan fingerprint density at radius 3 is 2.22 bits per heavy atom. The molecule has 0 aliphatic rings. The smallest absolute Gasteiger partial charge is 0.350 e. The number of aryl methyl sites for hydroxylation is 1. The fraction of sp³-hybridized carbons (Fsp3) is 0.400.